The molecule has 0 heterocycles. The Balaban J connectivity index is 2.31. The van der Waals surface area contributed by atoms with Gasteiger partial charge in [-0.15, -0.1) is 0 Å². The summed E-state index contributed by atoms with van der Waals surface area (Å²) in [5.41, 5.74) is 0.915. The lowest BCUT2D eigenvalue weighted by molar-refractivity contribution is 0.129. The van der Waals surface area contributed by atoms with Crippen molar-refractivity contribution in [1.82, 2.24) is 0 Å². The van der Waals surface area contributed by atoms with Crippen molar-refractivity contribution >= 4 is 0 Å². The van der Waals surface area contributed by atoms with Crippen LogP contribution < -0.4 is 14.2 Å². The zero-order valence-corrected chi connectivity index (χ0v) is 18.4. The van der Waals surface area contributed by atoms with Crippen LogP contribution in [0.4, 0.5) is 0 Å². The Bertz CT molecular complexity index is 765. The van der Waals surface area contributed by atoms with Gasteiger partial charge in [0.05, 0.1) is 6.10 Å². The average Bonchev–Trinajstić information content (AvgIpc) is 2.51. The van der Waals surface area contributed by atoms with Crippen molar-refractivity contribution in [2.45, 2.75) is 78.8 Å². The number of benzene rings is 2. The molecule has 2 aromatic carbocycles. The van der Waals surface area contributed by atoms with Crippen LogP contribution in [0.25, 0.3) is 0 Å². The molecule has 0 radical (unpaired) electrons. The molecular weight excluding hydrogens is 352 g/mol. The van der Waals surface area contributed by atoms with Crippen LogP contribution in [-0.4, -0.2) is 22.4 Å². The van der Waals surface area contributed by atoms with Gasteiger partial charge in [0.1, 0.15) is 34.6 Å². The molecule has 1 N–H and O–H groups in total. The summed E-state index contributed by atoms with van der Waals surface area (Å²) in [6.45, 7) is 15.9. The summed E-state index contributed by atoms with van der Waals surface area (Å²) < 4.78 is 17.8. The number of hydrogen-bond acceptors (Lipinski definition) is 4. The molecule has 0 aliphatic carbocycles. The number of ether oxygens (including phenoxy) is 3. The molecule has 0 saturated carbocycles. The first-order chi connectivity index (χ1) is 12.8. The zero-order valence-electron chi connectivity index (χ0n) is 18.4. The first kappa shape index (κ1) is 22.1. The second kappa shape index (κ2) is 8.44. The van der Waals surface area contributed by atoms with Crippen LogP contribution >= 0.6 is 0 Å². The molecular formula is C24H34O4. The van der Waals surface area contributed by atoms with Gasteiger partial charge in [0, 0.05) is 11.6 Å². The SMILES string of the molecule is CC(C)Oc1cc(OC(C)(C)C)ccc1C(O)c1ccc(OC(C)(C)C)cc1. The van der Waals surface area contributed by atoms with Gasteiger partial charge in [0.15, 0.2) is 0 Å². The van der Waals surface area contributed by atoms with Crippen LogP contribution in [0.1, 0.15) is 72.6 Å². The van der Waals surface area contributed by atoms with Crippen molar-refractivity contribution < 1.29 is 19.3 Å². The van der Waals surface area contributed by atoms with E-state index in [2.05, 4.69) is 0 Å². The summed E-state index contributed by atoms with van der Waals surface area (Å²) in [4.78, 5) is 0. The molecule has 0 aliphatic rings. The highest BCUT2D eigenvalue weighted by molar-refractivity contribution is 5.46. The first-order valence-electron chi connectivity index (χ1n) is 9.81. The number of rotatable bonds is 6. The highest BCUT2D eigenvalue weighted by atomic mass is 16.5. The topological polar surface area (TPSA) is 47.9 Å². The molecule has 154 valence electrons. The van der Waals surface area contributed by atoms with Crippen LogP contribution in [-0.2, 0) is 0 Å². The molecule has 4 nitrogen and oxygen atoms in total. The normalized spacial score (nSPS) is 13.4. The van der Waals surface area contributed by atoms with Gasteiger partial charge in [-0.1, -0.05) is 12.1 Å². The van der Waals surface area contributed by atoms with E-state index in [9.17, 15) is 5.11 Å². The van der Waals surface area contributed by atoms with Crippen LogP contribution in [0.3, 0.4) is 0 Å². The van der Waals surface area contributed by atoms with Crippen molar-refractivity contribution in [3.05, 3.63) is 53.6 Å². The molecule has 0 fully saturated rings. The maximum absolute atomic E-state index is 11.0. The van der Waals surface area contributed by atoms with Gasteiger partial charge in [-0.2, -0.15) is 0 Å². The second-order valence-corrected chi connectivity index (χ2v) is 9.27. The molecule has 0 amide bonds. The van der Waals surface area contributed by atoms with E-state index in [-0.39, 0.29) is 17.3 Å². The summed E-state index contributed by atoms with van der Waals surface area (Å²) >= 11 is 0. The lowest BCUT2D eigenvalue weighted by Crippen LogP contribution is -2.23. The predicted molar refractivity (Wildman–Crippen MR) is 113 cm³/mol. The molecule has 28 heavy (non-hydrogen) atoms. The van der Waals surface area contributed by atoms with Gasteiger partial charge in [0.2, 0.25) is 0 Å². The summed E-state index contributed by atoms with van der Waals surface area (Å²) in [5, 5.41) is 11.0. The molecule has 1 unspecified atom stereocenters. The highest BCUT2D eigenvalue weighted by Gasteiger charge is 2.20. The fraction of sp³-hybridized carbons (Fsp3) is 0.500. The Kier molecular flexibility index (Phi) is 6.66. The Morgan fingerprint density at radius 2 is 1.25 bits per heavy atom. The largest absolute Gasteiger partial charge is 0.490 e. The van der Waals surface area contributed by atoms with E-state index >= 15 is 0 Å². The summed E-state index contributed by atoms with van der Waals surface area (Å²) in [6, 6.07) is 13.1. The quantitative estimate of drug-likeness (QED) is 0.670. The van der Waals surface area contributed by atoms with Gasteiger partial charge in [-0.05, 0) is 85.2 Å². The van der Waals surface area contributed by atoms with Gasteiger partial charge in [-0.25, -0.2) is 0 Å². The fourth-order valence-electron chi connectivity index (χ4n) is 2.76. The Morgan fingerprint density at radius 1 is 0.750 bits per heavy atom. The van der Waals surface area contributed by atoms with Crippen LogP contribution in [0.15, 0.2) is 42.5 Å². The lowest BCUT2D eigenvalue weighted by atomic mass is 10.00. The Hall–Kier alpha value is -2.20. The second-order valence-electron chi connectivity index (χ2n) is 9.27. The Labute approximate surface area is 169 Å². The fourth-order valence-corrected chi connectivity index (χ4v) is 2.76. The van der Waals surface area contributed by atoms with E-state index in [1.54, 1.807) is 0 Å². The minimum atomic E-state index is -0.805. The summed E-state index contributed by atoms with van der Waals surface area (Å²) in [7, 11) is 0. The monoisotopic (exact) mass is 386 g/mol. The predicted octanol–water partition coefficient (Wildman–Crippen LogP) is 5.91. The molecule has 0 spiro atoms. The van der Waals surface area contributed by atoms with Gasteiger partial charge in [-0.3, -0.25) is 0 Å². The molecule has 0 aromatic heterocycles. The molecule has 0 aliphatic heterocycles. The minimum absolute atomic E-state index is 0.0154. The van der Waals surface area contributed by atoms with Crippen LogP contribution in [0.2, 0.25) is 0 Å². The van der Waals surface area contributed by atoms with Gasteiger partial charge >= 0.3 is 0 Å². The molecule has 2 aromatic rings. The molecule has 2 rings (SSSR count). The third-order valence-corrected chi connectivity index (χ3v) is 3.69. The van der Waals surface area contributed by atoms with Gasteiger partial charge in [0.25, 0.3) is 0 Å². The standard InChI is InChI=1S/C24H34O4/c1-16(2)26-21-15-19(28-24(6,7)8)13-14-20(21)22(25)17-9-11-18(12-10-17)27-23(3,4)5/h9-16,22,25H,1-8H3. The van der Waals surface area contributed by atoms with Crippen molar-refractivity contribution in [1.29, 1.82) is 0 Å². The smallest absolute Gasteiger partial charge is 0.129 e. The van der Waals surface area contributed by atoms with E-state index in [0.29, 0.717) is 17.1 Å². The number of aliphatic hydroxyl groups is 1. The number of hydrogen-bond donors (Lipinski definition) is 1. The van der Waals surface area contributed by atoms with Crippen molar-refractivity contribution in [3.63, 3.8) is 0 Å². The summed E-state index contributed by atoms with van der Waals surface area (Å²) in [5.74, 6) is 2.11. The van der Waals surface area contributed by atoms with E-state index in [1.165, 1.54) is 0 Å². The molecule has 0 saturated heterocycles. The first-order valence-corrected chi connectivity index (χ1v) is 9.81. The van der Waals surface area contributed by atoms with E-state index in [1.807, 2.05) is 97.9 Å². The van der Waals surface area contributed by atoms with Crippen molar-refractivity contribution in [3.8, 4) is 17.2 Å². The van der Waals surface area contributed by atoms with E-state index in [4.69, 9.17) is 14.2 Å². The molecule has 0 bridgehead atoms. The Morgan fingerprint density at radius 3 is 1.75 bits per heavy atom. The van der Waals surface area contributed by atoms with Crippen molar-refractivity contribution in [2.24, 2.45) is 0 Å². The zero-order chi connectivity index (χ0) is 21.1. The average molecular weight is 387 g/mol. The van der Waals surface area contributed by atoms with E-state index in [0.717, 1.165) is 11.3 Å². The van der Waals surface area contributed by atoms with Crippen LogP contribution in [0.5, 0.6) is 17.2 Å². The van der Waals surface area contributed by atoms with E-state index < -0.39 is 6.10 Å². The van der Waals surface area contributed by atoms with Gasteiger partial charge < -0.3 is 19.3 Å². The highest BCUT2D eigenvalue weighted by Crippen LogP contribution is 2.35. The third-order valence-electron chi connectivity index (χ3n) is 3.69. The lowest BCUT2D eigenvalue weighted by Gasteiger charge is -2.24. The molecule has 1 atom stereocenters. The van der Waals surface area contributed by atoms with Crippen LogP contribution in [0, 0.1) is 0 Å². The summed E-state index contributed by atoms with van der Waals surface area (Å²) in [6.07, 6.45) is -0.820. The number of aliphatic hydroxyl groups excluding tert-OH is 1. The van der Waals surface area contributed by atoms with Crippen molar-refractivity contribution in [2.75, 3.05) is 0 Å². The maximum Gasteiger partial charge on any atom is 0.129 e. The molecule has 4 heteroatoms. The minimum Gasteiger partial charge on any atom is -0.490 e. The third kappa shape index (κ3) is 6.75. The maximum atomic E-state index is 11.0.